The van der Waals surface area contributed by atoms with Crippen LogP contribution in [0.25, 0.3) is 0 Å². The first kappa shape index (κ1) is 58.8. The highest BCUT2D eigenvalue weighted by Crippen LogP contribution is 2.43. The molecule has 0 unspecified atom stereocenters. The van der Waals surface area contributed by atoms with E-state index in [0.29, 0.717) is 12.2 Å². The molecule has 0 aromatic carbocycles. The third-order valence-corrected chi connectivity index (χ3v) is 15.9. The Hall–Kier alpha value is -3.04. The van der Waals surface area contributed by atoms with Crippen LogP contribution in [0.1, 0.15) is 115 Å². The maximum Gasteiger partial charge on any atom is 0.331 e. The van der Waals surface area contributed by atoms with Crippen molar-refractivity contribution >= 4 is 11.9 Å². The van der Waals surface area contributed by atoms with E-state index in [1.165, 1.54) is 24.3 Å². The van der Waals surface area contributed by atoms with Gasteiger partial charge >= 0.3 is 11.9 Å². The van der Waals surface area contributed by atoms with Crippen LogP contribution >= 0.6 is 0 Å². The van der Waals surface area contributed by atoms with E-state index in [0.717, 1.165) is 6.42 Å². The fraction of sp³-hybridized carbons (Fsp3) is 0.778. The molecule has 0 spiro atoms. The van der Waals surface area contributed by atoms with Crippen LogP contribution in [-0.4, -0.2) is 152 Å². The molecule has 3 fully saturated rings. The predicted octanol–water partition coefficient (Wildman–Crippen LogP) is 4.92. The highest BCUT2D eigenvalue weighted by molar-refractivity contribution is 5.83. The SMILES string of the molecule is CC[C@@H]1[C@@H](C)OC([C@@H](C)[C@H](O)[C@H](C)[C@H]2OC(=O)/C=C/C=C/[C@H](C)[C@@H]([C@@H](C)[C@@H](O)[C@H](C)[C@@]3(O)C[C@@H](O[C@H]4C[C@H](O)[C@H](O)[C@H](C)O4)[C@H](CC)[C@@H](C)O3)OC(=O)/C=C\C=C\[C@H]2C)=C[C@H]1O[C@H]1C[C@H](O)[C@H](O)[C@H](C)O1. The molecule has 0 aromatic rings. The molecule has 7 N–H and O–H groups in total. The highest BCUT2D eigenvalue weighted by atomic mass is 16.7. The van der Waals surface area contributed by atoms with Gasteiger partial charge in [-0.05, 0) is 46.6 Å². The molecule has 25 atom stereocenters. The summed E-state index contributed by atoms with van der Waals surface area (Å²) in [4.78, 5) is 27.0. The minimum Gasteiger partial charge on any atom is -0.495 e. The number of esters is 2. The lowest BCUT2D eigenvalue weighted by Gasteiger charge is -2.50. The molecular weight excluding hydrogens is 921 g/mol. The number of cyclic esters (lactones) is 2. The van der Waals surface area contributed by atoms with Gasteiger partial charge in [-0.25, -0.2) is 9.59 Å². The van der Waals surface area contributed by atoms with Crippen molar-refractivity contribution in [3.8, 4) is 0 Å². The van der Waals surface area contributed by atoms with Gasteiger partial charge in [0.15, 0.2) is 18.4 Å². The Labute approximate surface area is 420 Å². The fourth-order valence-electron chi connectivity index (χ4n) is 11.1. The smallest absolute Gasteiger partial charge is 0.331 e. The Balaban J connectivity index is 1.28. The number of carbonyl (C=O) groups is 2. The molecule has 0 radical (unpaired) electrons. The van der Waals surface area contributed by atoms with E-state index in [9.17, 15) is 45.3 Å². The number of carbonyl (C=O) groups excluding carboxylic acids is 2. The third-order valence-electron chi connectivity index (χ3n) is 15.9. The molecule has 0 saturated carbocycles. The Kier molecular flexibility index (Phi) is 21.5. The largest absolute Gasteiger partial charge is 0.495 e. The van der Waals surface area contributed by atoms with Crippen LogP contribution in [0, 0.1) is 47.3 Å². The topological polar surface area (TPSA) is 250 Å². The molecule has 5 rings (SSSR count). The van der Waals surface area contributed by atoms with Crippen LogP contribution in [0.4, 0.5) is 0 Å². The molecule has 17 nitrogen and oxygen atoms in total. The van der Waals surface area contributed by atoms with E-state index in [-0.39, 0.29) is 37.2 Å². The summed E-state index contributed by atoms with van der Waals surface area (Å²) >= 11 is 0. The summed E-state index contributed by atoms with van der Waals surface area (Å²) in [6, 6.07) is 0. The second-order valence-electron chi connectivity index (χ2n) is 21.1. The summed E-state index contributed by atoms with van der Waals surface area (Å²) in [6.45, 7) is 21.8. The van der Waals surface area contributed by atoms with Gasteiger partial charge in [0.2, 0.25) is 0 Å². The van der Waals surface area contributed by atoms with Crippen LogP contribution in [0.2, 0.25) is 0 Å². The summed E-state index contributed by atoms with van der Waals surface area (Å²) < 4.78 is 49.3. The molecule has 0 bridgehead atoms. The first-order chi connectivity index (χ1) is 33.4. The molecule has 0 aromatic heterocycles. The zero-order valence-electron chi connectivity index (χ0n) is 43.8. The molecule has 5 aliphatic heterocycles. The number of aliphatic hydroxyl groups is 7. The highest BCUT2D eigenvalue weighted by Gasteiger charge is 2.52. The van der Waals surface area contributed by atoms with Crippen LogP contribution in [0.5, 0.6) is 0 Å². The number of hydrogen-bond donors (Lipinski definition) is 7. The van der Waals surface area contributed by atoms with Gasteiger partial charge in [0.05, 0.1) is 54.9 Å². The standard InChI is InChI=1S/C54H86O17/c1-13-37-33(9)64-41(25-42(37)67-46-23-39(55)50(61)35(11)65-46)29(5)48(59)30(6)52-27(3)19-15-17-22-45(58)70-53(28(4)20-16-18-21-44(57)69-52)31(7)49(60)32(8)54(63)26-43(38(14-2)34(10)71-54)68-47-24-40(56)51(62)36(12)66-47/h15-22,25,27-40,42-43,46-53,55-56,59-63H,13-14,23-24,26H2,1-12H3/b19-15+,20-16+,21-18+,22-17-/t27-,28+,29-,30+,31+,32+,33-,34-,35+,36+,37-,38-,39+,40+,42-,43-,46+,47+,48+,49-,50-,51-,52+,53+,54-/m1/s1. The number of rotatable bonds is 14. The molecule has 404 valence electrons. The summed E-state index contributed by atoms with van der Waals surface area (Å²) in [5, 5.41) is 77.4. The molecular formula is C54H86O17. The van der Waals surface area contributed by atoms with Gasteiger partial charge in [0.25, 0.3) is 0 Å². The molecule has 5 heterocycles. The van der Waals surface area contributed by atoms with E-state index in [1.54, 1.807) is 58.9 Å². The van der Waals surface area contributed by atoms with Crippen LogP contribution in [0.3, 0.4) is 0 Å². The lowest BCUT2D eigenvalue weighted by Crippen LogP contribution is -2.59. The molecule has 0 amide bonds. The zero-order chi connectivity index (χ0) is 52.6. The van der Waals surface area contributed by atoms with Crippen molar-refractivity contribution in [2.24, 2.45) is 47.3 Å². The minimum atomic E-state index is -1.87. The number of allylic oxidation sites excluding steroid dienone is 4. The maximum atomic E-state index is 13.5. The van der Waals surface area contributed by atoms with Crippen LogP contribution in [-0.2, 0) is 47.5 Å². The molecule has 17 heteroatoms. The first-order valence-electron chi connectivity index (χ1n) is 26.0. The minimum absolute atomic E-state index is 0.0166. The predicted molar refractivity (Wildman–Crippen MR) is 261 cm³/mol. The second-order valence-corrected chi connectivity index (χ2v) is 21.1. The number of aliphatic hydroxyl groups excluding tert-OH is 6. The monoisotopic (exact) mass is 1010 g/mol. The fourth-order valence-corrected chi connectivity index (χ4v) is 11.1. The third kappa shape index (κ3) is 14.6. The molecule has 5 aliphatic rings. The maximum absolute atomic E-state index is 13.5. The van der Waals surface area contributed by atoms with E-state index < -0.39 is 145 Å². The van der Waals surface area contributed by atoms with Crippen molar-refractivity contribution in [3.05, 3.63) is 60.4 Å². The lowest BCUT2D eigenvalue weighted by molar-refractivity contribution is -0.344. The normalized spacial score (nSPS) is 44.2. The van der Waals surface area contributed by atoms with E-state index in [1.807, 2.05) is 54.5 Å². The van der Waals surface area contributed by atoms with Crippen molar-refractivity contribution in [2.45, 2.75) is 219 Å². The molecule has 71 heavy (non-hydrogen) atoms. The summed E-state index contributed by atoms with van der Waals surface area (Å²) in [5.74, 6) is -6.63. The lowest BCUT2D eigenvalue weighted by atomic mass is 9.76. The number of hydrogen-bond acceptors (Lipinski definition) is 17. The van der Waals surface area contributed by atoms with Crippen molar-refractivity contribution in [2.75, 3.05) is 0 Å². The van der Waals surface area contributed by atoms with Gasteiger partial charge in [0.1, 0.15) is 36.3 Å². The van der Waals surface area contributed by atoms with Gasteiger partial charge in [-0.1, -0.05) is 91.8 Å². The molecule has 3 saturated heterocycles. The van der Waals surface area contributed by atoms with E-state index in [4.69, 9.17) is 37.9 Å². The zero-order valence-corrected chi connectivity index (χ0v) is 43.8. The summed E-state index contributed by atoms with van der Waals surface area (Å²) in [7, 11) is 0. The average molecular weight is 1010 g/mol. The van der Waals surface area contributed by atoms with Crippen molar-refractivity contribution in [1.82, 2.24) is 0 Å². The van der Waals surface area contributed by atoms with Crippen molar-refractivity contribution in [1.29, 1.82) is 0 Å². The van der Waals surface area contributed by atoms with E-state index in [2.05, 4.69) is 0 Å². The van der Waals surface area contributed by atoms with Gasteiger partial charge < -0.3 is 73.6 Å². The van der Waals surface area contributed by atoms with Crippen molar-refractivity contribution in [3.63, 3.8) is 0 Å². The van der Waals surface area contributed by atoms with Gasteiger partial charge in [-0.3, -0.25) is 0 Å². The summed E-state index contributed by atoms with van der Waals surface area (Å²) in [6.07, 6.45) is 2.92. The first-order valence-corrected chi connectivity index (χ1v) is 26.0. The van der Waals surface area contributed by atoms with E-state index >= 15 is 0 Å². The quantitative estimate of drug-likeness (QED) is 0.114. The Morgan fingerprint density at radius 2 is 1.13 bits per heavy atom. The van der Waals surface area contributed by atoms with Gasteiger partial charge in [0, 0.05) is 78.8 Å². The van der Waals surface area contributed by atoms with Crippen LogP contribution < -0.4 is 0 Å². The molecule has 0 aliphatic carbocycles. The van der Waals surface area contributed by atoms with Gasteiger partial charge in [-0.15, -0.1) is 0 Å². The Morgan fingerprint density at radius 1 is 0.648 bits per heavy atom. The Bertz CT molecular complexity index is 1850. The van der Waals surface area contributed by atoms with Crippen molar-refractivity contribution < 1.29 is 83.2 Å². The van der Waals surface area contributed by atoms with Gasteiger partial charge in [-0.2, -0.15) is 0 Å². The average Bonchev–Trinajstić information content (AvgIpc) is 3.31. The Morgan fingerprint density at radius 3 is 1.61 bits per heavy atom. The number of ether oxygens (including phenoxy) is 8. The second kappa shape index (κ2) is 25.9. The summed E-state index contributed by atoms with van der Waals surface area (Å²) in [5.41, 5.74) is 0. The van der Waals surface area contributed by atoms with Crippen LogP contribution in [0.15, 0.2) is 60.4 Å².